The first-order chi connectivity index (χ1) is 21.1. The third-order valence-electron chi connectivity index (χ3n) is 6.96. The summed E-state index contributed by atoms with van der Waals surface area (Å²) in [5.74, 6) is -5.25. The molecule has 4 aromatic rings. The molecule has 0 fully saturated rings. The van der Waals surface area contributed by atoms with Gasteiger partial charge in [-0.25, -0.2) is 13.6 Å². The van der Waals surface area contributed by atoms with Crippen molar-refractivity contribution in [1.29, 1.82) is 5.26 Å². The van der Waals surface area contributed by atoms with Gasteiger partial charge in [0.05, 0.1) is 30.9 Å². The Balaban J connectivity index is 1.64. The van der Waals surface area contributed by atoms with Crippen molar-refractivity contribution in [1.82, 2.24) is 15.2 Å². The molecule has 1 aromatic heterocycles. The molecular weight excluding hydrogens is 594 g/mol. The van der Waals surface area contributed by atoms with Gasteiger partial charge in [-0.1, -0.05) is 35.9 Å². The van der Waals surface area contributed by atoms with Gasteiger partial charge in [0.15, 0.2) is 0 Å². The zero-order valence-corrected chi connectivity index (χ0v) is 24.7. The molecule has 0 unspecified atom stereocenters. The number of pyridine rings is 1. The van der Waals surface area contributed by atoms with Crippen LogP contribution in [0, 0.1) is 23.0 Å². The number of hydrogen-bond acceptors (Lipinski definition) is 7. The van der Waals surface area contributed by atoms with Crippen LogP contribution in [0.2, 0.25) is 5.02 Å². The van der Waals surface area contributed by atoms with Gasteiger partial charge in [-0.2, -0.15) is 5.26 Å². The summed E-state index contributed by atoms with van der Waals surface area (Å²) in [5.41, 5.74) is 1.58. The largest absolute Gasteiger partial charge is 0.467 e. The predicted octanol–water partition coefficient (Wildman–Crippen LogP) is 4.94. The summed E-state index contributed by atoms with van der Waals surface area (Å²) in [7, 11) is 4.02. The Kier molecular flexibility index (Phi) is 10.2. The highest BCUT2D eigenvalue weighted by molar-refractivity contribution is 6.33. The average Bonchev–Trinajstić information content (AvgIpc) is 3.02. The minimum absolute atomic E-state index is 0.105. The molecule has 0 bridgehead atoms. The molecule has 0 aliphatic carbocycles. The van der Waals surface area contributed by atoms with Crippen molar-refractivity contribution in [3.8, 4) is 17.2 Å². The van der Waals surface area contributed by atoms with Crippen LogP contribution in [-0.4, -0.2) is 68.1 Å². The molecular formula is C32H27ClF2N4O5. The normalized spacial score (nSPS) is 11.5. The van der Waals surface area contributed by atoms with Crippen LogP contribution >= 0.6 is 11.6 Å². The molecule has 0 aliphatic heterocycles. The number of fused-ring (bicyclic) bond motifs is 1. The smallest absolute Gasteiger partial charge is 0.328 e. The van der Waals surface area contributed by atoms with E-state index in [1.165, 1.54) is 19.1 Å². The lowest BCUT2D eigenvalue weighted by Gasteiger charge is -2.20. The number of nitrogens with zero attached hydrogens (tertiary/aromatic N) is 3. The monoisotopic (exact) mass is 620 g/mol. The highest BCUT2D eigenvalue weighted by atomic mass is 35.5. The maximum atomic E-state index is 15.0. The molecule has 1 N–H and O–H groups in total. The second-order valence-electron chi connectivity index (χ2n) is 9.77. The average molecular weight is 621 g/mol. The molecule has 2 amide bonds. The maximum absolute atomic E-state index is 15.0. The Hall–Kier alpha value is -4.92. The van der Waals surface area contributed by atoms with Crippen molar-refractivity contribution in [2.24, 2.45) is 0 Å². The fourth-order valence-corrected chi connectivity index (χ4v) is 4.96. The van der Waals surface area contributed by atoms with Crippen LogP contribution in [0.3, 0.4) is 0 Å². The fourth-order valence-electron chi connectivity index (χ4n) is 4.68. The molecule has 0 saturated heterocycles. The van der Waals surface area contributed by atoms with Crippen molar-refractivity contribution >= 4 is 40.3 Å². The number of methoxy groups -OCH3 is 2. The van der Waals surface area contributed by atoms with Crippen LogP contribution in [0.4, 0.5) is 8.78 Å². The van der Waals surface area contributed by atoms with Crippen LogP contribution in [0.1, 0.15) is 31.8 Å². The lowest BCUT2D eigenvalue weighted by molar-refractivity contribution is -0.142. The van der Waals surface area contributed by atoms with Gasteiger partial charge in [0.25, 0.3) is 11.8 Å². The number of aromatic nitrogens is 1. The molecule has 3 aromatic carbocycles. The van der Waals surface area contributed by atoms with Gasteiger partial charge >= 0.3 is 5.97 Å². The first-order valence-corrected chi connectivity index (χ1v) is 13.7. The number of esters is 1. The van der Waals surface area contributed by atoms with Crippen molar-refractivity contribution in [2.45, 2.75) is 12.5 Å². The zero-order valence-electron chi connectivity index (χ0n) is 24.0. The van der Waals surface area contributed by atoms with E-state index in [9.17, 15) is 19.6 Å². The molecule has 1 atom stereocenters. The van der Waals surface area contributed by atoms with Gasteiger partial charge in [0, 0.05) is 60.4 Å². The van der Waals surface area contributed by atoms with Gasteiger partial charge < -0.3 is 19.7 Å². The summed E-state index contributed by atoms with van der Waals surface area (Å²) in [6, 6.07) is 14.1. The highest BCUT2D eigenvalue weighted by Crippen LogP contribution is 2.35. The fraction of sp³-hybridized carbons (Fsp3) is 0.219. The molecule has 0 aliphatic rings. The molecule has 0 spiro atoms. The van der Waals surface area contributed by atoms with Gasteiger partial charge in [0.1, 0.15) is 23.2 Å². The van der Waals surface area contributed by atoms with Gasteiger partial charge in [-0.05, 0) is 35.9 Å². The van der Waals surface area contributed by atoms with E-state index in [2.05, 4.69) is 10.3 Å². The van der Waals surface area contributed by atoms with Crippen LogP contribution in [-0.2, 0) is 20.7 Å². The SMILES string of the molecule is COCCN(C)C(=O)c1cc(F)c(C(=O)N[C@@H](Cc2ccc(-c3ccc(C#N)cc3Cl)c3ncccc23)C(=O)OC)c(F)c1. The number of carbonyl (C=O) groups excluding carboxylic acids is 3. The number of nitriles is 1. The van der Waals surface area contributed by atoms with E-state index in [4.69, 9.17) is 21.1 Å². The number of rotatable bonds is 10. The van der Waals surface area contributed by atoms with Crippen molar-refractivity contribution in [2.75, 3.05) is 34.4 Å². The molecule has 0 saturated carbocycles. The molecule has 4 rings (SSSR count). The van der Waals surface area contributed by atoms with Crippen LogP contribution in [0.5, 0.6) is 0 Å². The Morgan fingerprint density at radius 2 is 1.77 bits per heavy atom. The standard InChI is InChI=1S/C32H27ClF2N4O5/c1-39(11-12-43-2)31(41)20-14-25(34)28(26(35)15-20)30(40)38-27(32(42)44-3)16-19-7-9-23(29-21(19)5-4-10-37-29)22-8-6-18(17-36)13-24(22)33/h4-10,13-15,27H,11-12,16H2,1-3H3,(H,38,40)/t27-/m0/s1. The zero-order chi connectivity index (χ0) is 32.0. The van der Waals surface area contributed by atoms with E-state index in [0.717, 1.165) is 19.2 Å². The lowest BCUT2D eigenvalue weighted by Crippen LogP contribution is -2.43. The van der Waals surface area contributed by atoms with E-state index in [-0.39, 0.29) is 25.1 Å². The Labute approximate surface area is 257 Å². The third-order valence-corrected chi connectivity index (χ3v) is 7.27. The van der Waals surface area contributed by atoms with Crippen LogP contribution < -0.4 is 5.32 Å². The summed E-state index contributed by atoms with van der Waals surface area (Å²) in [5, 5.41) is 12.5. The summed E-state index contributed by atoms with van der Waals surface area (Å²) in [4.78, 5) is 44.1. The number of benzene rings is 3. The van der Waals surface area contributed by atoms with E-state index >= 15 is 8.78 Å². The second kappa shape index (κ2) is 14.0. The van der Waals surface area contributed by atoms with E-state index in [1.54, 1.807) is 48.7 Å². The summed E-state index contributed by atoms with van der Waals surface area (Å²) >= 11 is 6.46. The van der Waals surface area contributed by atoms with Crippen molar-refractivity contribution in [3.63, 3.8) is 0 Å². The van der Waals surface area contributed by atoms with Gasteiger partial charge in [0.2, 0.25) is 0 Å². The maximum Gasteiger partial charge on any atom is 0.328 e. The lowest BCUT2D eigenvalue weighted by atomic mass is 9.94. The Bertz CT molecular complexity index is 1770. The molecule has 0 radical (unpaired) electrons. The topological polar surface area (TPSA) is 122 Å². The van der Waals surface area contributed by atoms with Crippen LogP contribution in [0.15, 0.2) is 60.8 Å². The molecule has 12 heteroatoms. The predicted molar refractivity (Wildman–Crippen MR) is 159 cm³/mol. The van der Waals surface area contributed by atoms with Crippen molar-refractivity contribution < 1.29 is 32.6 Å². The van der Waals surface area contributed by atoms with E-state index < -0.39 is 41.0 Å². The third kappa shape index (κ3) is 6.83. The van der Waals surface area contributed by atoms with E-state index in [0.29, 0.717) is 38.2 Å². The number of amides is 2. The highest BCUT2D eigenvalue weighted by Gasteiger charge is 2.28. The molecule has 9 nitrogen and oxygen atoms in total. The Morgan fingerprint density at radius 3 is 2.41 bits per heavy atom. The molecule has 1 heterocycles. The van der Waals surface area contributed by atoms with Crippen LogP contribution in [0.25, 0.3) is 22.0 Å². The minimum Gasteiger partial charge on any atom is -0.467 e. The first-order valence-electron chi connectivity index (χ1n) is 13.3. The minimum atomic E-state index is -1.33. The Morgan fingerprint density at radius 1 is 1.07 bits per heavy atom. The second-order valence-corrected chi connectivity index (χ2v) is 10.2. The quantitative estimate of drug-likeness (QED) is 0.249. The number of nitrogens with one attached hydrogen (secondary N) is 1. The summed E-state index contributed by atoms with van der Waals surface area (Å²) in [6.45, 7) is 0.410. The number of hydrogen-bond donors (Lipinski definition) is 1. The molecule has 226 valence electrons. The number of carbonyl (C=O) groups is 3. The number of likely N-dealkylation sites (N-methyl/N-ethyl adjacent to an activating group) is 1. The van der Waals surface area contributed by atoms with Gasteiger partial charge in [-0.15, -0.1) is 0 Å². The van der Waals surface area contributed by atoms with Gasteiger partial charge in [-0.3, -0.25) is 14.6 Å². The first kappa shape index (κ1) is 32.0. The number of halogens is 3. The van der Waals surface area contributed by atoms with E-state index in [1.807, 2.05) is 6.07 Å². The number of ether oxygens (including phenoxy) is 2. The molecule has 44 heavy (non-hydrogen) atoms. The summed E-state index contributed by atoms with van der Waals surface area (Å²) in [6.07, 6.45) is 1.48. The van der Waals surface area contributed by atoms with Crippen molar-refractivity contribution in [3.05, 3.63) is 99.7 Å². The summed E-state index contributed by atoms with van der Waals surface area (Å²) < 4.78 is 39.9.